The van der Waals surface area contributed by atoms with E-state index in [1.807, 2.05) is 11.6 Å². The van der Waals surface area contributed by atoms with E-state index in [9.17, 15) is 0 Å². The maximum Gasteiger partial charge on any atom is 0.222 e. The van der Waals surface area contributed by atoms with Crippen LogP contribution in [-0.2, 0) is 13.5 Å². The van der Waals surface area contributed by atoms with E-state index >= 15 is 0 Å². The van der Waals surface area contributed by atoms with E-state index < -0.39 is 0 Å². The molecule has 6 nitrogen and oxygen atoms in total. The summed E-state index contributed by atoms with van der Waals surface area (Å²) in [4.78, 5) is 8.29. The van der Waals surface area contributed by atoms with E-state index in [1.54, 1.807) is 18.7 Å². The van der Waals surface area contributed by atoms with Crippen molar-refractivity contribution >= 4 is 28.5 Å². The molecule has 16 heavy (non-hydrogen) atoms. The van der Waals surface area contributed by atoms with Crippen LogP contribution in [0.3, 0.4) is 0 Å². The van der Waals surface area contributed by atoms with E-state index in [-0.39, 0.29) is 0 Å². The second-order valence-electron chi connectivity index (χ2n) is 3.26. The minimum absolute atomic E-state index is 0.641. The quantitative estimate of drug-likeness (QED) is 0.843. The summed E-state index contributed by atoms with van der Waals surface area (Å²) in [6.45, 7) is 0.743. The highest BCUT2D eigenvalue weighted by Gasteiger charge is 2.00. The Morgan fingerprint density at radius 2 is 2.12 bits per heavy atom. The molecule has 0 aliphatic heterocycles. The van der Waals surface area contributed by atoms with Gasteiger partial charge in [0.25, 0.3) is 0 Å². The first-order chi connectivity index (χ1) is 7.75. The molecule has 0 aromatic carbocycles. The number of anilines is 1. The van der Waals surface area contributed by atoms with Gasteiger partial charge >= 0.3 is 0 Å². The molecule has 2 heterocycles. The molecule has 0 bridgehead atoms. The van der Waals surface area contributed by atoms with Gasteiger partial charge in [-0.3, -0.25) is 0 Å². The van der Waals surface area contributed by atoms with Gasteiger partial charge < -0.3 is 9.88 Å². The van der Waals surface area contributed by atoms with Crippen LogP contribution in [0.5, 0.6) is 0 Å². The number of aryl methyl sites for hydroxylation is 1. The highest BCUT2D eigenvalue weighted by atomic mass is 127. The molecule has 1 N–H and O–H groups in total. The molecule has 0 fully saturated rings. The smallest absolute Gasteiger partial charge is 0.222 e. The minimum atomic E-state index is 0.641. The standard InChI is InChI=1S/C9H11IN6/c1-16-6-14-15-8(16)2-3-11-9-12-4-7(10)5-13-9/h4-6H,2-3H2,1H3,(H,11,12,13). The zero-order valence-corrected chi connectivity index (χ0v) is 10.9. The van der Waals surface area contributed by atoms with E-state index in [0.717, 1.165) is 22.4 Å². The molecule has 0 atom stereocenters. The van der Waals surface area contributed by atoms with Crippen molar-refractivity contribution in [2.75, 3.05) is 11.9 Å². The van der Waals surface area contributed by atoms with Crippen LogP contribution in [0.15, 0.2) is 18.7 Å². The van der Waals surface area contributed by atoms with Crippen LogP contribution in [0.2, 0.25) is 0 Å². The Hall–Kier alpha value is -1.25. The summed E-state index contributed by atoms with van der Waals surface area (Å²) in [5, 5.41) is 10.9. The zero-order valence-electron chi connectivity index (χ0n) is 8.76. The number of hydrogen-bond acceptors (Lipinski definition) is 5. The minimum Gasteiger partial charge on any atom is -0.354 e. The van der Waals surface area contributed by atoms with Gasteiger partial charge in [0.1, 0.15) is 12.2 Å². The summed E-state index contributed by atoms with van der Waals surface area (Å²) in [6.07, 6.45) is 6.04. The van der Waals surface area contributed by atoms with Crippen molar-refractivity contribution < 1.29 is 0 Å². The summed E-state index contributed by atoms with van der Waals surface area (Å²) in [6, 6.07) is 0. The molecular weight excluding hydrogens is 319 g/mol. The molecule has 0 aliphatic carbocycles. The highest BCUT2D eigenvalue weighted by Crippen LogP contribution is 2.02. The predicted octanol–water partition coefficient (Wildman–Crippen LogP) is 0.864. The van der Waals surface area contributed by atoms with Crippen molar-refractivity contribution in [1.29, 1.82) is 0 Å². The van der Waals surface area contributed by atoms with Crippen LogP contribution in [0.25, 0.3) is 0 Å². The molecule has 84 valence electrons. The van der Waals surface area contributed by atoms with Crippen LogP contribution < -0.4 is 5.32 Å². The zero-order chi connectivity index (χ0) is 11.4. The van der Waals surface area contributed by atoms with Gasteiger partial charge in [-0.15, -0.1) is 10.2 Å². The fraction of sp³-hybridized carbons (Fsp3) is 0.333. The van der Waals surface area contributed by atoms with Gasteiger partial charge in [0.15, 0.2) is 0 Å². The van der Waals surface area contributed by atoms with Crippen molar-refractivity contribution in [3.63, 3.8) is 0 Å². The van der Waals surface area contributed by atoms with Gasteiger partial charge in [-0.2, -0.15) is 0 Å². The molecule has 0 unspecified atom stereocenters. The van der Waals surface area contributed by atoms with Crippen molar-refractivity contribution in [1.82, 2.24) is 24.7 Å². The number of hydrogen-bond donors (Lipinski definition) is 1. The maximum absolute atomic E-state index is 4.15. The number of nitrogens with one attached hydrogen (secondary N) is 1. The van der Waals surface area contributed by atoms with Crippen LogP contribution in [0.4, 0.5) is 5.95 Å². The molecule has 2 aromatic rings. The third-order valence-corrected chi connectivity index (χ3v) is 2.61. The lowest BCUT2D eigenvalue weighted by atomic mass is 10.4. The Labute approximate surface area is 107 Å². The lowest BCUT2D eigenvalue weighted by Gasteiger charge is -2.03. The van der Waals surface area contributed by atoms with Crippen molar-refractivity contribution in [3.05, 3.63) is 28.1 Å². The SMILES string of the molecule is Cn1cnnc1CCNc1ncc(I)cn1. The first kappa shape index (κ1) is 11.2. The average molecular weight is 330 g/mol. The molecule has 2 rings (SSSR count). The van der Waals surface area contributed by atoms with E-state index in [2.05, 4.69) is 48.1 Å². The van der Waals surface area contributed by atoms with Crippen LogP contribution in [0.1, 0.15) is 5.82 Å². The van der Waals surface area contributed by atoms with Gasteiger partial charge in [0.05, 0.1) is 0 Å². The summed E-state index contributed by atoms with van der Waals surface area (Å²) in [5.41, 5.74) is 0. The van der Waals surface area contributed by atoms with Crippen LogP contribution in [-0.4, -0.2) is 31.3 Å². The molecule has 0 saturated heterocycles. The Balaban J connectivity index is 1.84. The monoisotopic (exact) mass is 330 g/mol. The molecule has 0 spiro atoms. The molecular formula is C9H11IN6. The Morgan fingerprint density at radius 3 is 2.75 bits per heavy atom. The third-order valence-electron chi connectivity index (χ3n) is 2.06. The lowest BCUT2D eigenvalue weighted by molar-refractivity contribution is 0.785. The molecule has 0 amide bonds. The van der Waals surface area contributed by atoms with Crippen molar-refractivity contribution in [3.8, 4) is 0 Å². The number of nitrogens with zero attached hydrogens (tertiary/aromatic N) is 5. The predicted molar refractivity (Wildman–Crippen MR) is 67.9 cm³/mol. The summed E-state index contributed by atoms with van der Waals surface area (Å²) < 4.78 is 2.92. The van der Waals surface area contributed by atoms with E-state index in [4.69, 9.17) is 0 Å². The largest absolute Gasteiger partial charge is 0.354 e. The topological polar surface area (TPSA) is 68.5 Å². The Kier molecular flexibility index (Phi) is 3.65. The van der Waals surface area contributed by atoms with E-state index in [0.29, 0.717) is 5.95 Å². The Morgan fingerprint density at radius 1 is 1.38 bits per heavy atom. The van der Waals surface area contributed by atoms with Gasteiger partial charge in [-0.25, -0.2) is 9.97 Å². The number of rotatable bonds is 4. The van der Waals surface area contributed by atoms with Crippen molar-refractivity contribution in [2.24, 2.45) is 7.05 Å². The molecule has 0 radical (unpaired) electrons. The van der Waals surface area contributed by atoms with Gasteiger partial charge in [-0.1, -0.05) is 0 Å². The maximum atomic E-state index is 4.15. The van der Waals surface area contributed by atoms with Crippen LogP contribution >= 0.6 is 22.6 Å². The average Bonchev–Trinajstić information content (AvgIpc) is 2.68. The molecule has 7 heteroatoms. The highest BCUT2D eigenvalue weighted by molar-refractivity contribution is 14.1. The van der Waals surface area contributed by atoms with E-state index in [1.165, 1.54) is 0 Å². The first-order valence-corrected chi connectivity index (χ1v) is 5.88. The van der Waals surface area contributed by atoms with Crippen molar-refractivity contribution in [2.45, 2.75) is 6.42 Å². The van der Waals surface area contributed by atoms with Gasteiger partial charge in [-0.05, 0) is 22.6 Å². The molecule has 2 aromatic heterocycles. The summed E-state index contributed by atoms with van der Waals surface area (Å²) >= 11 is 2.17. The normalized spacial score (nSPS) is 10.4. The van der Waals surface area contributed by atoms with Gasteiger partial charge in [0.2, 0.25) is 5.95 Å². The summed E-state index contributed by atoms with van der Waals surface area (Å²) in [7, 11) is 1.93. The third kappa shape index (κ3) is 2.87. The second-order valence-corrected chi connectivity index (χ2v) is 4.51. The fourth-order valence-corrected chi connectivity index (χ4v) is 1.50. The molecule has 0 saturated carbocycles. The van der Waals surface area contributed by atoms with Gasteiger partial charge in [0, 0.05) is 36.0 Å². The Bertz CT molecular complexity index is 451. The number of aromatic nitrogens is 5. The summed E-state index contributed by atoms with van der Waals surface area (Å²) in [5.74, 6) is 1.58. The molecule has 0 aliphatic rings. The number of halogens is 1. The first-order valence-electron chi connectivity index (χ1n) is 4.80. The second kappa shape index (κ2) is 5.19. The lowest BCUT2D eigenvalue weighted by Crippen LogP contribution is -2.10. The fourth-order valence-electron chi connectivity index (χ4n) is 1.22. The van der Waals surface area contributed by atoms with Crippen LogP contribution in [0, 0.1) is 3.57 Å².